The van der Waals surface area contributed by atoms with Gasteiger partial charge in [0.15, 0.2) is 0 Å². The van der Waals surface area contributed by atoms with Crippen molar-refractivity contribution in [2.24, 2.45) is 0 Å². The van der Waals surface area contributed by atoms with E-state index in [4.69, 9.17) is 0 Å². The van der Waals surface area contributed by atoms with Crippen molar-refractivity contribution in [2.75, 3.05) is 23.9 Å². The third-order valence-corrected chi connectivity index (χ3v) is 5.92. The highest BCUT2D eigenvalue weighted by molar-refractivity contribution is 9.10. The van der Waals surface area contributed by atoms with Gasteiger partial charge in [0.1, 0.15) is 0 Å². The van der Waals surface area contributed by atoms with Gasteiger partial charge in [-0.1, -0.05) is 34.1 Å². The smallest absolute Gasteiger partial charge is 0.295 e. The number of rotatable bonds is 3. The Balaban J connectivity index is 1.62. The van der Waals surface area contributed by atoms with Crippen LogP contribution in [0.5, 0.6) is 0 Å². The highest BCUT2D eigenvalue weighted by Gasteiger charge is 2.42. The van der Waals surface area contributed by atoms with E-state index in [1.54, 1.807) is 13.1 Å². The maximum Gasteiger partial charge on any atom is 0.295 e. The molecule has 3 amide bonds. The molecule has 0 saturated carbocycles. The van der Waals surface area contributed by atoms with Crippen LogP contribution in [-0.4, -0.2) is 35.7 Å². The Morgan fingerprint density at radius 1 is 1.00 bits per heavy atom. The SMILES string of the molecule is CN1C(=O)/C(=C2/SC(=O)N(CNc3ccc(Br)cc3)C2=O)c2ccccc21. The number of thioether (sulfide) groups is 1. The minimum atomic E-state index is -0.455. The third-order valence-electron chi connectivity index (χ3n) is 4.41. The zero-order valence-corrected chi connectivity index (χ0v) is 16.6. The molecule has 6 nitrogen and oxygen atoms in total. The molecule has 0 aliphatic carbocycles. The number of anilines is 2. The fourth-order valence-corrected chi connectivity index (χ4v) is 4.21. The number of nitrogens with one attached hydrogen (secondary N) is 1. The van der Waals surface area contributed by atoms with Gasteiger partial charge in [-0.05, 0) is 42.1 Å². The number of carbonyl (C=O) groups is 3. The monoisotopic (exact) mass is 443 g/mol. The Hall–Kier alpha value is -2.58. The number of halogens is 1. The van der Waals surface area contributed by atoms with E-state index in [9.17, 15) is 14.4 Å². The number of nitrogens with zero attached hydrogens (tertiary/aromatic N) is 2. The molecule has 0 spiro atoms. The van der Waals surface area contributed by atoms with Gasteiger partial charge in [0.25, 0.3) is 17.1 Å². The van der Waals surface area contributed by atoms with Crippen molar-refractivity contribution >= 4 is 61.7 Å². The van der Waals surface area contributed by atoms with Crippen molar-refractivity contribution < 1.29 is 14.4 Å². The van der Waals surface area contributed by atoms with Crippen molar-refractivity contribution in [2.45, 2.75) is 0 Å². The van der Waals surface area contributed by atoms with Crippen LogP contribution < -0.4 is 10.2 Å². The lowest BCUT2D eigenvalue weighted by molar-refractivity contribution is -0.122. The van der Waals surface area contributed by atoms with Gasteiger partial charge in [-0.25, -0.2) is 0 Å². The van der Waals surface area contributed by atoms with E-state index in [2.05, 4.69) is 21.2 Å². The summed E-state index contributed by atoms with van der Waals surface area (Å²) in [5, 5.41) is 2.66. The summed E-state index contributed by atoms with van der Waals surface area (Å²) in [7, 11) is 1.66. The third kappa shape index (κ3) is 3.04. The predicted octanol–water partition coefficient (Wildman–Crippen LogP) is 3.90. The lowest BCUT2D eigenvalue weighted by atomic mass is 10.1. The summed E-state index contributed by atoms with van der Waals surface area (Å²) in [4.78, 5) is 40.7. The number of imide groups is 1. The lowest BCUT2D eigenvalue weighted by Gasteiger charge is -2.14. The number of hydrogen-bond acceptors (Lipinski definition) is 5. The predicted molar refractivity (Wildman–Crippen MR) is 109 cm³/mol. The summed E-state index contributed by atoms with van der Waals surface area (Å²) in [6.45, 7) is 0.0365. The molecule has 2 heterocycles. The molecule has 27 heavy (non-hydrogen) atoms. The fourth-order valence-electron chi connectivity index (χ4n) is 3.01. The molecular formula is C19H14BrN3O3S. The van der Waals surface area contributed by atoms with Crippen LogP contribution in [0.25, 0.3) is 5.57 Å². The summed E-state index contributed by atoms with van der Waals surface area (Å²) in [5.74, 6) is -0.731. The molecule has 4 rings (SSSR count). The zero-order valence-electron chi connectivity index (χ0n) is 14.2. The Morgan fingerprint density at radius 3 is 2.44 bits per heavy atom. The second kappa shape index (κ2) is 6.86. The van der Waals surface area contributed by atoms with E-state index in [0.717, 1.165) is 32.5 Å². The van der Waals surface area contributed by atoms with Crippen LogP contribution in [0.1, 0.15) is 5.56 Å². The number of fused-ring (bicyclic) bond motifs is 1. The number of likely N-dealkylation sites (N-methyl/N-ethyl adjacent to an activating group) is 1. The molecule has 2 aliphatic heterocycles. The molecule has 1 N–H and O–H groups in total. The quantitative estimate of drug-likeness (QED) is 0.728. The summed E-state index contributed by atoms with van der Waals surface area (Å²) in [5.41, 5.74) is 2.49. The first-order valence-electron chi connectivity index (χ1n) is 8.12. The molecule has 2 aliphatic rings. The highest BCUT2D eigenvalue weighted by atomic mass is 79.9. The molecule has 8 heteroatoms. The first kappa shape index (κ1) is 17.8. The van der Waals surface area contributed by atoms with Gasteiger partial charge in [0.2, 0.25) is 0 Å². The molecule has 2 aromatic rings. The summed E-state index contributed by atoms with van der Waals surface area (Å²) < 4.78 is 0.937. The van der Waals surface area contributed by atoms with Gasteiger partial charge < -0.3 is 10.2 Å². The number of amides is 3. The van der Waals surface area contributed by atoms with Crippen molar-refractivity contribution in [3.05, 3.63) is 63.5 Å². The first-order chi connectivity index (χ1) is 13.0. The van der Waals surface area contributed by atoms with Crippen LogP contribution in [0.3, 0.4) is 0 Å². The molecule has 0 radical (unpaired) electrons. The number of hydrogen-bond donors (Lipinski definition) is 1. The summed E-state index contributed by atoms with van der Waals surface area (Å²) in [6.07, 6.45) is 0. The van der Waals surface area contributed by atoms with Crippen LogP contribution in [0, 0.1) is 0 Å². The Kier molecular flexibility index (Phi) is 4.53. The molecule has 0 atom stereocenters. The van der Waals surface area contributed by atoms with Gasteiger partial charge in [-0.15, -0.1) is 0 Å². The highest BCUT2D eigenvalue weighted by Crippen LogP contribution is 2.43. The minimum Gasteiger partial charge on any atom is -0.367 e. The normalized spacial score (nSPS) is 19.1. The Labute approximate surface area is 168 Å². The van der Waals surface area contributed by atoms with Crippen molar-refractivity contribution in [3.8, 4) is 0 Å². The van der Waals surface area contributed by atoms with E-state index in [1.807, 2.05) is 42.5 Å². The topological polar surface area (TPSA) is 69.7 Å². The van der Waals surface area contributed by atoms with Crippen molar-refractivity contribution in [3.63, 3.8) is 0 Å². The van der Waals surface area contributed by atoms with Gasteiger partial charge in [-0.3, -0.25) is 19.3 Å². The molecule has 1 fully saturated rings. The molecule has 2 aromatic carbocycles. The van der Waals surface area contributed by atoms with Crippen LogP contribution >= 0.6 is 27.7 Å². The largest absolute Gasteiger partial charge is 0.367 e. The summed E-state index contributed by atoms with van der Waals surface area (Å²) in [6, 6.07) is 14.7. The molecular weight excluding hydrogens is 430 g/mol. The van der Waals surface area contributed by atoms with E-state index < -0.39 is 11.1 Å². The lowest BCUT2D eigenvalue weighted by Crippen LogP contribution is -2.33. The minimum absolute atomic E-state index is 0.0365. The maximum atomic E-state index is 12.8. The Morgan fingerprint density at radius 2 is 1.70 bits per heavy atom. The molecule has 0 unspecified atom stereocenters. The first-order valence-corrected chi connectivity index (χ1v) is 9.73. The van der Waals surface area contributed by atoms with Crippen LogP contribution in [0.4, 0.5) is 16.2 Å². The van der Waals surface area contributed by atoms with E-state index >= 15 is 0 Å². The average molecular weight is 444 g/mol. The standard InChI is InChI=1S/C19H14BrN3O3S/c1-22-14-5-3-2-4-13(14)15(17(22)24)16-18(25)23(19(26)27-16)10-21-12-8-6-11(20)7-9-12/h2-9,21H,10H2,1H3/b16-15+. The number of carbonyl (C=O) groups excluding carboxylic acids is 3. The van der Waals surface area contributed by atoms with Gasteiger partial charge in [0, 0.05) is 22.8 Å². The molecule has 136 valence electrons. The maximum absolute atomic E-state index is 12.8. The second-order valence-electron chi connectivity index (χ2n) is 6.03. The van der Waals surface area contributed by atoms with Gasteiger partial charge in [0.05, 0.1) is 22.8 Å². The van der Waals surface area contributed by atoms with Crippen LogP contribution in [0.2, 0.25) is 0 Å². The summed E-state index contributed by atoms with van der Waals surface area (Å²) >= 11 is 4.17. The Bertz CT molecular complexity index is 1000. The van der Waals surface area contributed by atoms with Gasteiger partial charge >= 0.3 is 0 Å². The second-order valence-corrected chi connectivity index (χ2v) is 7.91. The van der Waals surface area contributed by atoms with E-state index in [-0.39, 0.29) is 17.5 Å². The number of benzene rings is 2. The zero-order chi connectivity index (χ0) is 19.1. The fraction of sp³-hybridized carbons (Fsp3) is 0.105. The average Bonchev–Trinajstić information content (AvgIpc) is 3.08. The van der Waals surface area contributed by atoms with E-state index in [0.29, 0.717) is 11.1 Å². The number of para-hydroxylation sites is 1. The van der Waals surface area contributed by atoms with Gasteiger partial charge in [-0.2, -0.15) is 0 Å². The molecule has 0 bridgehead atoms. The molecule has 0 aromatic heterocycles. The van der Waals surface area contributed by atoms with Crippen LogP contribution in [-0.2, 0) is 9.59 Å². The van der Waals surface area contributed by atoms with Crippen molar-refractivity contribution in [1.82, 2.24) is 4.90 Å². The van der Waals surface area contributed by atoms with E-state index in [1.165, 1.54) is 4.90 Å². The molecule has 1 saturated heterocycles. The van der Waals surface area contributed by atoms with Crippen molar-refractivity contribution in [1.29, 1.82) is 0 Å². The van der Waals surface area contributed by atoms with Crippen LogP contribution in [0.15, 0.2) is 57.9 Å².